The Balaban J connectivity index is 1.55. The summed E-state index contributed by atoms with van der Waals surface area (Å²) >= 11 is 1.13. The molecule has 1 aromatic heterocycles. The smallest absolute Gasteiger partial charge is 0.251 e. The number of carbonyl (C=O) groups excluding carboxylic acids is 1. The van der Waals surface area contributed by atoms with Crippen molar-refractivity contribution in [3.63, 3.8) is 0 Å². The van der Waals surface area contributed by atoms with E-state index in [4.69, 9.17) is 16.3 Å². The summed E-state index contributed by atoms with van der Waals surface area (Å²) in [6, 6.07) is 10.5. The number of hydrogen-bond acceptors (Lipinski definition) is 7. The van der Waals surface area contributed by atoms with Crippen molar-refractivity contribution in [1.29, 1.82) is 0 Å². The largest absolute Gasteiger partial charge is 0.497 e. The van der Waals surface area contributed by atoms with Gasteiger partial charge in [-0.1, -0.05) is 17.3 Å². The standard InChI is InChI=1S/C23H24N4O6S3/c1-3-12-27-20-9-8-19(35(24,29)30)15-21(20)34-23(27)25-22(28)16-10-13-26(14-11-16)36(31,32)18-6-4-17(33-2)5-7-18/h1,4-9,15-16H,10-14H2,2H3,(H2,24,29,30). The number of thiazole rings is 1. The number of methoxy groups -OCH3 is 1. The van der Waals surface area contributed by atoms with Crippen molar-refractivity contribution in [2.45, 2.75) is 29.2 Å². The fourth-order valence-electron chi connectivity index (χ4n) is 3.99. The molecule has 0 saturated carbocycles. The molecule has 1 saturated heterocycles. The van der Waals surface area contributed by atoms with Crippen molar-refractivity contribution in [2.24, 2.45) is 16.0 Å². The second-order valence-corrected chi connectivity index (χ2v) is 12.7. The van der Waals surface area contributed by atoms with E-state index in [1.807, 2.05) is 0 Å². The minimum absolute atomic E-state index is 0.0487. The van der Waals surface area contributed by atoms with Gasteiger partial charge in [0.15, 0.2) is 4.80 Å². The van der Waals surface area contributed by atoms with Crippen molar-refractivity contribution in [2.75, 3.05) is 20.2 Å². The molecule has 1 fully saturated rings. The van der Waals surface area contributed by atoms with Crippen molar-refractivity contribution >= 4 is 47.5 Å². The molecular formula is C23H24N4O6S3. The molecule has 2 heterocycles. The number of ether oxygens (including phenoxy) is 1. The van der Waals surface area contributed by atoms with Crippen molar-refractivity contribution in [3.8, 4) is 18.1 Å². The van der Waals surface area contributed by atoms with Crippen molar-refractivity contribution in [1.82, 2.24) is 8.87 Å². The van der Waals surface area contributed by atoms with Crippen molar-refractivity contribution < 1.29 is 26.4 Å². The highest BCUT2D eigenvalue weighted by Gasteiger charge is 2.32. The maximum absolute atomic E-state index is 13.0. The van der Waals surface area contributed by atoms with Gasteiger partial charge in [0.2, 0.25) is 20.0 Å². The van der Waals surface area contributed by atoms with Gasteiger partial charge < -0.3 is 9.30 Å². The van der Waals surface area contributed by atoms with Crippen LogP contribution in [-0.4, -0.2) is 51.8 Å². The molecule has 0 spiro atoms. The van der Waals surface area contributed by atoms with E-state index >= 15 is 0 Å². The molecule has 190 valence electrons. The molecule has 0 unspecified atom stereocenters. The Morgan fingerprint density at radius 3 is 2.36 bits per heavy atom. The van der Waals surface area contributed by atoms with Gasteiger partial charge in [-0.2, -0.15) is 9.30 Å². The van der Waals surface area contributed by atoms with E-state index in [2.05, 4.69) is 10.9 Å². The monoisotopic (exact) mass is 548 g/mol. The van der Waals surface area contributed by atoms with Gasteiger partial charge in [0, 0.05) is 19.0 Å². The lowest BCUT2D eigenvalue weighted by Crippen LogP contribution is -2.40. The maximum atomic E-state index is 13.0. The highest BCUT2D eigenvalue weighted by atomic mass is 32.2. The Hall–Kier alpha value is -3.02. The summed E-state index contributed by atoms with van der Waals surface area (Å²) in [6.07, 6.45) is 6.15. The van der Waals surface area contributed by atoms with E-state index in [1.165, 1.54) is 35.7 Å². The molecule has 10 nitrogen and oxygen atoms in total. The molecule has 0 radical (unpaired) electrons. The number of sulfonamides is 2. The Morgan fingerprint density at radius 1 is 1.14 bits per heavy atom. The number of carbonyl (C=O) groups is 1. The second-order valence-electron chi connectivity index (χ2n) is 8.15. The summed E-state index contributed by atoms with van der Waals surface area (Å²) < 4.78 is 58.0. The number of terminal acetylenes is 1. The number of rotatable bonds is 6. The van der Waals surface area contributed by atoms with Crippen LogP contribution >= 0.6 is 11.3 Å². The summed E-state index contributed by atoms with van der Waals surface area (Å²) in [7, 11) is -6.08. The predicted octanol–water partition coefficient (Wildman–Crippen LogP) is 1.52. The summed E-state index contributed by atoms with van der Waals surface area (Å²) in [5, 5.41) is 5.23. The van der Waals surface area contributed by atoms with Crippen LogP contribution in [0.4, 0.5) is 0 Å². The van der Waals surface area contributed by atoms with Crippen LogP contribution in [0.1, 0.15) is 12.8 Å². The number of amides is 1. The number of hydrogen-bond donors (Lipinski definition) is 1. The minimum Gasteiger partial charge on any atom is -0.497 e. The normalized spacial score (nSPS) is 16.2. The Morgan fingerprint density at radius 2 is 1.78 bits per heavy atom. The van der Waals surface area contributed by atoms with E-state index in [9.17, 15) is 21.6 Å². The number of nitrogens with two attached hydrogens (primary N) is 1. The van der Waals surface area contributed by atoms with E-state index in [0.29, 0.717) is 33.6 Å². The summed E-state index contributed by atoms with van der Waals surface area (Å²) in [5.74, 6) is 2.26. The van der Waals surface area contributed by atoms with Gasteiger partial charge in [0.1, 0.15) is 5.75 Å². The number of piperidine rings is 1. The van der Waals surface area contributed by atoms with Crippen LogP contribution in [-0.2, 0) is 31.4 Å². The first-order valence-corrected chi connectivity index (χ1v) is 14.7. The molecule has 1 aliphatic rings. The first-order chi connectivity index (χ1) is 17.0. The van der Waals surface area contributed by atoms with Crippen LogP contribution in [0.15, 0.2) is 57.2 Å². The second kappa shape index (κ2) is 10.2. The van der Waals surface area contributed by atoms with Gasteiger partial charge in [0.25, 0.3) is 5.91 Å². The number of primary sulfonamides is 1. The first-order valence-electron chi connectivity index (χ1n) is 10.9. The SMILES string of the molecule is C#CCn1c(=NC(=O)C2CCN(S(=O)(=O)c3ccc(OC)cc3)CC2)sc2cc(S(N)(=O)=O)ccc21. The molecule has 0 aliphatic carbocycles. The highest BCUT2D eigenvalue weighted by Crippen LogP contribution is 2.26. The molecule has 4 rings (SSSR count). The van der Waals surface area contributed by atoms with Gasteiger partial charge in [-0.15, -0.1) is 6.42 Å². The number of aromatic nitrogens is 1. The van der Waals surface area contributed by atoms with Crippen LogP contribution in [0.25, 0.3) is 10.2 Å². The first kappa shape index (κ1) is 26.1. The molecule has 1 aliphatic heterocycles. The van der Waals surface area contributed by atoms with Crippen LogP contribution in [0.2, 0.25) is 0 Å². The highest BCUT2D eigenvalue weighted by molar-refractivity contribution is 7.89. The Kier molecular flexibility index (Phi) is 7.35. The molecular weight excluding hydrogens is 524 g/mol. The number of nitrogens with zero attached hydrogens (tertiary/aromatic N) is 3. The third-order valence-corrected chi connectivity index (χ3v) is 9.80. The molecule has 36 heavy (non-hydrogen) atoms. The van der Waals surface area contributed by atoms with E-state index in [0.717, 1.165) is 11.3 Å². The molecule has 2 N–H and O–H groups in total. The lowest BCUT2D eigenvalue weighted by Gasteiger charge is -2.29. The zero-order chi connectivity index (χ0) is 26.1. The van der Waals surface area contributed by atoms with E-state index in [1.54, 1.807) is 22.8 Å². The van der Waals surface area contributed by atoms with Crippen molar-refractivity contribution in [3.05, 3.63) is 47.3 Å². The van der Waals surface area contributed by atoms with Crippen LogP contribution in [0.3, 0.4) is 0 Å². The average molecular weight is 549 g/mol. The van der Waals surface area contributed by atoms with Gasteiger partial charge >= 0.3 is 0 Å². The van der Waals surface area contributed by atoms with E-state index in [-0.39, 0.29) is 35.3 Å². The summed E-state index contributed by atoms with van der Waals surface area (Å²) in [4.78, 5) is 17.7. The van der Waals surface area contributed by atoms with E-state index < -0.39 is 26.0 Å². The third kappa shape index (κ3) is 5.23. The zero-order valence-corrected chi connectivity index (χ0v) is 21.8. The van der Waals surface area contributed by atoms with Crippen LogP contribution < -0.4 is 14.7 Å². The Bertz CT molecular complexity index is 1620. The predicted molar refractivity (Wildman–Crippen MR) is 135 cm³/mol. The van der Waals surface area contributed by atoms with Gasteiger partial charge in [-0.3, -0.25) is 4.79 Å². The Labute approximate surface area is 213 Å². The minimum atomic E-state index is -3.89. The summed E-state index contributed by atoms with van der Waals surface area (Å²) in [5.41, 5.74) is 0.636. The lowest BCUT2D eigenvalue weighted by atomic mass is 9.98. The molecule has 0 atom stereocenters. The van der Waals surface area contributed by atoms with Gasteiger partial charge in [-0.25, -0.2) is 22.0 Å². The topological polar surface area (TPSA) is 141 Å². The fourth-order valence-corrected chi connectivity index (χ4v) is 7.14. The van der Waals surface area contributed by atoms with Crippen LogP contribution in [0, 0.1) is 18.3 Å². The van der Waals surface area contributed by atoms with Gasteiger partial charge in [-0.05, 0) is 55.3 Å². The number of benzene rings is 2. The quantitative estimate of drug-likeness (QED) is 0.463. The summed E-state index contributed by atoms with van der Waals surface area (Å²) in [6.45, 7) is 0.517. The third-order valence-electron chi connectivity index (χ3n) is 5.94. The molecule has 2 aromatic carbocycles. The zero-order valence-electron chi connectivity index (χ0n) is 19.3. The average Bonchev–Trinajstić information content (AvgIpc) is 3.20. The molecule has 1 amide bonds. The van der Waals surface area contributed by atoms with Gasteiger partial charge in [0.05, 0.1) is 33.7 Å². The lowest BCUT2D eigenvalue weighted by molar-refractivity contribution is -0.122. The molecule has 13 heteroatoms. The number of fused-ring (bicyclic) bond motifs is 1. The molecule has 3 aromatic rings. The maximum Gasteiger partial charge on any atom is 0.251 e. The van der Waals surface area contributed by atoms with Crippen LogP contribution in [0.5, 0.6) is 5.75 Å². The fraction of sp³-hybridized carbons (Fsp3) is 0.304. The molecule has 0 bridgehead atoms.